The summed E-state index contributed by atoms with van der Waals surface area (Å²) in [5, 5.41) is 3.45. The number of H-pyrrole nitrogens is 1. The van der Waals surface area contributed by atoms with Gasteiger partial charge in [0.25, 0.3) is 5.56 Å². The van der Waals surface area contributed by atoms with Gasteiger partial charge in [0, 0.05) is 23.6 Å². The molecule has 1 aromatic carbocycles. The Labute approximate surface area is 169 Å². The number of aryl methyl sites for hydroxylation is 1. The van der Waals surface area contributed by atoms with Gasteiger partial charge in [-0.2, -0.15) is 4.98 Å². The summed E-state index contributed by atoms with van der Waals surface area (Å²) in [6.45, 7) is 0.434. The average molecular weight is 447 g/mol. The van der Waals surface area contributed by atoms with Crippen LogP contribution >= 0.6 is 15.9 Å². The predicted molar refractivity (Wildman–Crippen MR) is 113 cm³/mol. The number of nitrogens with zero attached hydrogens (tertiary/aromatic N) is 3. The number of aromatic nitrogens is 4. The quantitative estimate of drug-likeness (QED) is 0.566. The molecule has 28 heavy (non-hydrogen) atoms. The number of aromatic amines is 1. The standard InChI is InChI=1S/C19H23BrN6O2/c1-25-16-15(17(27)24-19(25)28)26(10-11-6-2-3-7-12(11)20)18(23-16)22-14-9-5-4-8-13(14)21/h2-3,6-7,13-14H,4-5,8-10,21H2,1H3,(H,22,23)(H,24,27,28)/t13-,14+/m1/s1. The largest absolute Gasteiger partial charge is 0.351 e. The number of hydrogen-bond acceptors (Lipinski definition) is 5. The molecule has 0 radical (unpaired) electrons. The molecule has 0 bridgehead atoms. The summed E-state index contributed by atoms with van der Waals surface area (Å²) in [6.07, 6.45) is 4.14. The van der Waals surface area contributed by atoms with Crippen LogP contribution in [0.2, 0.25) is 0 Å². The van der Waals surface area contributed by atoms with Gasteiger partial charge in [-0.3, -0.25) is 18.9 Å². The van der Waals surface area contributed by atoms with Crippen LogP contribution in [0, 0.1) is 0 Å². The molecule has 0 spiro atoms. The zero-order valence-electron chi connectivity index (χ0n) is 15.6. The molecule has 2 heterocycles. The molecule has 2 aromatic heterocycles. The number of anilines is 1. The first-order valence-corrected chi connectivity index (χ1v) is 10.2. The predicted octanol–water partition coefficient (Wildman–Crippen LogP) is 1.92. The highest BCUT2D eigenvalue weighted by atomic mass is 79.9. The van der Waals surface area contributed by atoms with Crippen molar-refractivity contribution < 1.29 is 0 Å². The van der Waals surface area contributed by atoms with E-state index in [-0.39, 0.29) is 12.1 Å². The maximum atomic E-state index is 12.6. The fraction of sp³-hybridized carbons (Fsp3) is 0.421. The SMILES string of the molecule is Cn1c(=O)[nH]c(=O)c2c1nc(N[C@H]1CCCC[C@H]1N)n2Cc1ccccc1Br. The molecule has 1 aliphatic carbocycles. The fourth-order valence-corrected chi connectivity index (χ4v) is 4.21. The zero-order chi connectivity index (χ0) is 19.8. The van der Waals surface area contributed by atoms with E-state index in [0.717, 1.165) is 35.7 Å². The van der Waals surface area contributed by atoms with Gasteiger partial charge < -0.3 is 11.1 Å². The van der Waals surface area contributed by atoms with Crippen LogP contribution in [-0.4, -0.2) is 31.2 Å². The molecule has 3 aromatic rings. The number of halogens is 1. The Morgan fingerprint density at radius 1 is 1.29 bits per heavy atom. The van der Waals surface area contributed by atoms with E-state index in [2.05, 4.69) is 31.2 Å². The van der Waals surface area contributed by atoms with Crippen molar-refractivity contribution in [3.63, 3.8) is 0 Å². The van der Waals surface area contributed by atoms with Crippen LogP contribution in [0.5, 0.6) is 0 Å². The molecule has 9 heteroatoms. The summed E-state index contributed by atoms with van der Waals surface area (Å²) in [7, 11) is 1.60. The molecule has 4 rings (SSSR count). The van der Waals surface area contributed by atoms with Crippen LogP contribution < -0.4 is 22.3 Å². The van der Waals surface area contributed by atoms with E-state index < -0.39 is 11.2 Å². The van der Waals surface area contributed by atoms with Crippen molar-refractivity contribution in [2.45, 2.75) is 44.3 Å². The summed E-state index contributed by atoms with van der Waals surface area (Å²) in [5.74, 6) is 0.555. The molecule has 4 N–H and O–H groups in total. The second-order valence-electron chi connectivity index (χ2n) is 7.30. The van der Waals surface area contributed by atoms with Gasteiger partial charge >= 0.3 is 5.69 Å². The minimum atomic E-state index is -0.482. The number of hydrogen-bond donors (Lipinski definition) is 3. The molecule has 0 unspecified atom stereocenters. The van der Waals surface area contributed by atoms with Gasteiger partial charge in [0.15, 0.2) is 11.2 Å². The van der Waals surface area contributed by atoms with E-state index in [9.17, 15) is 9.59 Å². The summed E-state index contributed by atoms with van der Waals surface area (Å²) in [4.78, 5) is 31.6. The van der Waals surface area contributed by atoms with Gasteiger partial charge in [0.1, 0.15) is 0 Å². The Kier molecular flexibility index (Phi) is 5.11. The first kappa shape index (κ1) is 18.9. The minimum absolute atomic E-state index is 0.0348. The highest BCUT2D eigenvalue weighted by molar-refractivity contribution is 9.10. The molecule has 2 atom stereocenters. The number of rotatable bonds is 4. The van der Waals surface area contributed by atoms with Gasteiger partial charge in [-0.15, -0.1) is 0 Å². The van der Waals surface area contributed by atoms with Crippen molar-refractivity contribution >= 4 is 33.0 Å². The summed E-state index contributed by atoms with van der Waals surface area (Å²) in [5.41, 5.74) is 7.10. The number of fused-ring (bicyclic) bond motifs is 1. The van der Waals surface area contributed by atoms with Gasteiger partial charge in [0.05, 0.1) is 6.54 Å². The van der Waals surface area contributed by atoms with Crippen LogP contribution in [0.3, 0.4) is 0 Å². The summed E-state index contributed by atoms with van der Waals surface area (Å²) in [6, 6.07) is 7.95. The second kappa shape index (κ2) is 7.56. The van der Waals surface area contributed by atoms with Crippen LogP contribution in [0.4, 0.5) is 5.95 Å². The molecular weight excluding hydrogens is 424 g/mol. The maximum Gasteiger partial charge on any atom is 0.329 e. The van der Waals surface area contributed by atoms with E-state index in [1.54, 1.807) is 7.05 Å². The third-order valence-electron chi connectivity index (χ3n) is 5.43. The van der Waals surface area contributed by atoms with Crippen LogP contribution in [0.25, 0.3) is 11.2 Å². The molecule has 1 saturated carbocycles. The van der Waals surface area contributed by atoms with Crippen LogP contribution in [-0.2, 0) is 13.6 Å². The zero-order valence-corrected chi connectivity index (χ0v) is 17.2. The van der Waals surface area contributed by atoms with Crippen molar-refractivity contribution in [1.82, 2.24) is 19.1 Å². The number of nitrogens with two attached hydrogens (primary N) is 1. The lowest BCUT2D eigenvalue weighted by Gasteiger charge is -2.29. The lowest BCUT2D eigenvalue weighted by atomic mass is 9.91. The average Bonchev–Trinajstić information content (AvgIpc) is 3.02. The van der Waals surface area contributed by atoms with Gasteiger partial charge in [-0.1, -0.05) is 47.0 Å². The lowest BCUT2D eigenvalue weighted by molar-refractivity contribution is 0.401. The normalized spacial score (nSPS) is 19.8. The molecule has 0 aliphatic heterocycles. The minimum Gasteiger partial charge on any atom is -0.351 e. The molecule has 148 valence electrons. The first-order valence-electron chi connectivity index (χ1n) is 9.41. The van der Waals surface area contributed by atoms with Gasteiger partial charge in [-0.05, 0) is 24.5 Å². The van der Waals surface area contributed by atoms with E-state index in [4.69, 9.17) is 5.73 Å². The Hall–Kier alpha value is -2.39. The third kappa shape index (κ3) is 3.40. The van der Waals surface area contributed by atoms with Crippen LogP contribution in [0.1, 0.15) is 31.2 Å². The Morgan fingerprint density at radius 3 is 2.79 bits per heavy atom. The number of nitrogens with one attached hydrogen (secondary N) is 2. The van der Waals surface area contributed by atoms with Crippen molar-refractivity contribution in [2.75, 3.05) is 5.32 Å². The molecular formula is C19H23BrN6O2. The summed E-state index contributed by atoms with van der Waals surface area (Å²) < 4.78 is 4.13. The Balaban J connectivity index is 1.86. The van der Waals surface area contributed by atoms with Crippen molar-refractivity contribution in [3.05, 3.63) is 55.1 Å². The number of benzene rings is 1. The van der Waals surface area contributed by atoms with E-state index in [1.807, 2.05) is 28.8 Å². The highest BCUT2D eigenvalue weighted by Crippen LogP contribution is 2.25. The molecule has 1 fully saturated rings. The van der Waals surface area contributed by atoms with E-state index in [0.29, 0.717) is 23.7 Å². The molecule has 8 nitrogen and oxygen atoms in total. The van der Waals surface area contributed by atoms with Gasteiger partial charge in [-0.25, -0.2) is 4.79 Å². The van der Waals surface area contributed by atoms with Gasteiger partial charge in [0.2, 0.25) is 5.95 Å². The van der Waals surface area contributed by atoms with Crippen molar-refractivity contribution in [1.29, 1.82) is 0 Å². The molecule has 0 amide bonds. The second-order valence-corrected chi connectivity index (χ2v) is 8.16. The van der Waals surface area contributed by atoms with Crippen molar-refractivity contribution in [3.8, 4) is 0 Å². The van der Waals surface area contributed by atoms with Crippen molar-refractivity contribution in [2.24, 2.45) is 12.8 Å². The third-order valence-corrected chi connectivity index (χ3v) is 6.20. The Morgan fingerprint density at radius 2 is 2.04 bits per heavy atom. The molecule has 1 aliphatic rings. The molecule has 0 saturated heterocycles. The van der Waals surface area contributed by atoms with Crippen LogP contribution in [0.15, 0.2) is 38.3 Å². The highest BCUT2D eigenvalue weighted by Gasteiger charge is 2.25. The van der Waals surface area contributed by atoms with E-state index >= 15 is 0 Å². The van der Waals surface area contributed by atoms with E-state index in [1.165, 1.54) is 4.57 Å². The topological polar surface area (TPSA) is 111 Å². The summed E-state index contributed by atoms with van der Waals surface area (Å²) >= 11 is 3.57. The maximum absolute atomic E-state index is 12.6. The monoisotopic (exact) mass is 446 g/mol. The Bertz CT molecular complexity index is 1130. The number of imidazole rings is 1. The smallest absolute Gasteiger partial charge is 0.329 e. The fourth-order valence-electron chi connectivity index (χ4n) is 3.80. The lowest BCUT2D eigenvalue weighted by Crippen LogP contribution is -2.43. The first-order chi connectivity index (χ1) is 13.5.